The standard InChI is InChI=1S/C25H35N3O5S/c1-5-28(6-2)34(30,31)21-12-13-23(27-14-8-7-9-15-27)22(18-21)26-25(29)16-19-10-11-20(32-3)17-24(19)33-4/h10-13,17-18H,5-9,14-16H2,1-4H3,(H,26,29). The average molecular weight is 490 g/mol. The van der Waals surface area contributed by atoms with E-state index in [4.69, 9.17) is 9.47 Å². The van der Waals surface area contributed by atoms with E-state index in [1.54, 1.807) is 44.6 Å². The van der Waals surface area contributed by atoms with Crippen LogP contribution in [-0.4, -0.2) is 59.0 Å². The smallest absolute Gasteiger partial charge is 0.243 e. The molecule has 0 atom stereocenters. The van der Waals surface area contributed by atoms with Gasteiger partial charge in [0.1, 0.15) is 11.5 Å². The minimum Gasteiger partial charge on any atom is -0.497 e. The maximum atomic E-state index is 13.1. The van der Waals surface area contributed by atoms with Crippen molar-refractivity contribution in [1.82, 2.24) is 4.31 Å². The minimum absolute atomic E-state index is 0.0830. The van der Waals surface area contributed by atoms with Crippen molar-refractivity contribution in [3.63, 3.8) is 0 Å². The lowest BCUT2D eigenvalue weighted by Crippen LogP contribution is -2.32. The normalized spacial score (nSPS) is 14.2. The fourth-order valence-corrected chi connectivity index (χ4v) is 5.75. The van der Waals surface area contributed by atoms with Gasteiger partial charge in [-0.05, 0) is 43.5 Å². The molecule has 9 heteroatoms. The summed E-state index contributed by atoms with van der Waals surface area (Å²) in [4.78, 5) is 15.5. The molecule has 186 valence electrons. The zero-order chi connectivity index (χ0) is 24.7. The lowest BCUT2D eigenvalue weighted by molar-refractivity contribution is -0.115. The molecule has 34 heavy (non-hydrogen) atoms. The van der Waals surface area contributed by atoms with E-state index in [1.807, 2.05) is 19.9 Å². The Balaban J connectivity index is 1.93. The van der Waals surface area contributed by atoms with Gasteiger partial charge in [-0.1, -0.05) is 19.9 Å². The Morgan fingerprint density at radius 2 is 1.71 bits per heavy atom. The van der Waals surface area contributed by atoms with Crippen LogP contribution < -0.4 is 19.7 Å². The Bertz CT molecular complexity index is 1090. The molecule has 8 nitrogen and oxygen atoms in total. The number of sulfonamides is 1. The number of methoxy groups -OCH3 is 2. The van der Waals surface area contributed by atoms with Gasteiger partial charge >= 0.3 is 0 Å². The largest absolute Gasteiger partial charge is 0.497 e. The molecule has 3 rings (SSSR count). The number of hydrogen-bond acceptors (Lipinski definition) is 6. The summed E-state index contributed by atoms with van der Waals surface area (Å²) >= 11 is 0. The van der Waals surface area contributed by atoms with Gasteiger partial charge in [-0.3, -0.25) is 4.79 Å². The first-order chi connectivity index (χ1) is 16.3. The number of benzene rings is 2. The molecule has 0 radical (unpaired) electrons. The van der Waals surface area contributed by atoms with Crippen LogP contribution in [0.25, 0.3) is 0 Å². The second-order valence-corrected chi connectivity index (χ2v) is 10.2. The minimum atomic E-state index is -3.65. The van der Waals surface area contributed by atoms with Crippen LogP contribution in [0, 0.1) is 0 Å². The van der Waals surface area contributed by atoms with Crippen molar-refractivity contribution in [3.05, 3.63) is 42.0 Å². The third-order valence-electron chi connectivity index (χ3n) is 6.13. The Labute approximate surface area is 202 Å². The molecule has 2 aromatic rings. The highest BCUT2D eigenvalue weighted by Crippen LogP contribution is 2.33. The predicted molar refractivity (Wildman–Crippen MR) is 134 cm³/mol. The zero-order valence-electron chi connectivity index (χ0n) is 20.5. The lowest BCUT2D eigenvalue weighted by Gasteiger charge is -2.31. The number of piperidine rings is 1. The lowest BCUT2D eigenvalue weighted by atomic mass is 10.1. The molecule has 1 heterocycles. The number of nitrogens with zero attached hydrogens (tertiary/aromatic N) is 2. The monoisotopic (exact) mass is 489 g/mol. The van der Waals surface area contributed by atoms with Crippen LogP contribution in [0.5, 0.6) is 11.5 Å². The number of carbonyl (C=O) groups excluding carboxylic acids is 1. The van der Waals surface area contributed by atoms with Crippen molar-refractivity contribution in [2.24, 2.45) is 0 Å². The fraction of sp³-hybridized carbons (Fsp3) is 0.480. The molecule has 0 bridgehead atoms. The first-order valence-corrected chi connectivity index (χ1v) is 13.2. The van der Waals surface area contributed by atoms with Crippen LogP contribution in [-0.2, 0) is 21.2 Å². The molecule has 1 aliphatic heterocycles. The maximum Gasteiger partial charge on any atom is 0.243 e. The molecule has 0 aliphatic carbocycles. The molecule has 0 unspecified atom stereocenters. The van der Waals surface area contributed by atoms with E-state index in [0.29, 0.717) is 35.8 Å². The predicted octanol–water partition coefficient (Wildman–Crippen LogP) is 3.91. The van der Waals surface area contributed by atoms with Gasteiger partial charge in [0.25, 0.3) is 0 Å². The van der Waals surface area contributed by atoms with E-state index < -0.39 is 10.0 Å². The van der Waals surface area contributed by atoms with Crippen LogP contribution in [0.4, 0.5) is 11.4 Å². The highest BCUT2D eigenvalue weighted by molar-refractivity contribution is 7.89. The summed E-state index contributed by atoms with van der Waals surface area (Å²) in [7, 11) is -0.535. The summed E-state index contributed by atoms with van der Waals surface area (Å²) in [5.41, 5.74) is 2.06. The molecular weight excluding hydrogens is 454 g/mol. The van der Waals surface area contributed by atoms with E-state index in [0.717, 1.165) is 31.6 Å². The second-order valence-electron chi connectivity index (χ2n) is 8.22. The highest BCUT2D eigenvalue weighted by atomic mass is 32.2. The topological polar surface area (TPSA) is 88.2 Å². The number of rotatable bonds is 10. The molecule has 0 saturated carbocycles. The van der Waals surface area contributed by atoms with Gasteiger partial charge in [-0.15, -0.1) is 0 Å². The molecule has 1 amide bonds. The average Bonchev–Trinajstić information content (AvgIpc) is 2.85. The SMILES string of the molecule is CCN(CC)S(=O)(=O)c1ccc(N2CCCCC2)c(NC(=O)Cc2ccc(OC)cc2OC)c1. The zero-order valence-corrected chi connectivity index (χ0v) is 21.3. The molecule has 0 aromatic heterocycles. The summed E-state index contributed by atoms with van der Waals surface area (Å²) < 4.78 is 38.3. The van der Waals surface area contributed by atoms with Crippen molar-refractivity contribution in [2.45, 2.75) is 44.4 Å². The van der Waals surface area contributed by atoms with Gasteiger partial charge in [0.2, 0.25) is 15.9 Å². The van der Waals surface area contributed by atoms with Gasteiger partial charge in [0.05, 0.1) is 36.9 Å². The molecule has 1 aliphatic rings. The quantitative estimate of drug-likeness (QED) is 0.545. The molecule has 0 spiro atoms. The summed E-state index contributed by atoms with van der Waals surface area (Å²) in [5.74, 6) is 0.949. The van der Waals surface area contributed by atoms with Crippen LogP contribution in [0.3, 0.4) is 0 Å². The Morgan fingerprint density at radius 3 is 2.32 bits per heavy atom. The number of anilines is 2. The van der Waals surface area contributed by atoms with Crippen LogP contribution in [0.1, 0.15) is 38.7 Å². The van der Waals surface area contributed by atoms with Crippen molar-refractivity contribution < 1.29 is 22.7 Å². The third-order valence-corrected chi connectivity index (χ3v) is 8.17. The third kappa shape index (κ3) is 5.82. The van der Waals surface area contributed by atoms with Crippen molar-refractivity contribution in [3.8, 4) is 11.5 Å². The summed E-state index contributed by atoms with van der Waals surface area (Å²) in [6.07, 6.45) is 3.38. The van der Waals surface area contributed by atoms with Crippen LogP contribution in [0.15, 0.2) is 41.3 Å². The Morgan fingerprint density at radius 1 is 1.00 bits per heavy atom. The summed E-state index contributed by atoms with van der Waals surface area (Å²) in [6, 6.07) is 10.3. The van der Waals surface area contributed by atoms with E-state index in [1.165, 1.54) is 10.7 Å². The molecule has 1 saturated heterocycles. The van der Waals surface area contributed by atoms with Crippen molar-refractivity contribution in [2.75, 3.05) is 50.6 Å². The number of ether oxygens (including phenoxy) is 2. The molecule has 1 N–H and O–H groups in total. The van der Waals surface area contributed by atoms with Crippen LogP contribution in [0.2, 0.25) is 0 Å². The maximum absolute atomic E-state index is 13.1. The Kier molecular flexibility index (Phi) is 8.79. The van der Waals surface area contributed by atoms with Gasteiger partial charge < -0.3 is 19.7 Å². The van der Waals surface area contributed by atoms with Gasteiger partial charge in [-0.25, -0.2) is 8.42 Å². The van der Waals surface area contributed by atoms with Gasteiger partial charge in [-0.2, -0.15) is 4.31 Å². The molecule has 1 fully saturated rings. The van der Waals surface area contributed by atoms with Crippen molar-refractivity contribution in [1.29, 1.82) is 0 Å². The number of nitrogens with one attached hydrogen (secondary N) is 1. The Hall–Kier alpha value is -2.78. The fourth-order valence-electron chi connectivity index (χ4n) is 4.26. The van der Waals surface area contributed by atoms with Crippen molar-refractivity contribution >= 4 is 27.3 Å². The number of carbonyl (C=O) groups is 1. The van der Waals surface area contributed by atoms with Gasteiger partial charge in [0, 0.05) is 37.8 Å². The number of amides is 1. The first kappa shape index (κ1) is 25.8. The van der Waals surface area contributed by atoms with E-state index in [9.17, 15) is 13.2 Å². The van der Waals surface area contributed by atoms with E-state index >= 15 is 0 Å². The summed E-state index contributed by atoms with van der Waals surface area (Å²) in [5, 5.41) is 2.97. The molecular formula is C25H35N3O5S. The number of hydrogen-bond donors (Lipinski definition) is 1. The van der Waals surface area contributed by atoms with Gasteiger partial charge in [0.15, 0.2) is 0 Å². The van der Waals surface area contributed by atoms with E-state index in [-0.39, 0.29) is 17.2 Å². The first-order valence-electron chi connectivity index (χ1n) is 11.7. The summed E-state index contributed by atoms with van der Waals surface area (Å²) in [6.45, 7) is 6.13. The second kappa shape index (κ2) is 11.6. The van der Waals surface area contributed by atoms with E-state index in [2.05, 4.69) is 10.2 Å². The van der Waals surface area contributed by atoms with Crippen LogP contribution >= 0.6 is 0 Å². The highest BCUT2D eigenvalue weighted by Gasteiger charge is 2.25. The molecule has 2 aromatic carbocycles.